The van der Waals surface area contributed by atoms with Gasteiger partial charge in [0.2, 0.25) is 0 Å². The molecule has 0 aliphatic rings. The molecule has 0 bridgehead atoms. The Labute approximate surface area is 143 Å². The fraction of sp³-hybridized carbons (Fsp3) is 0.375. The molecule has 0 saturated carbocycles. The fourth-order valence-electron chi connectivity index (χ4n) is 2.36. The second-order valence-corrected chi connectivity index (χ2v) is 6.34. The van der Waals surface area contributed by atoms with Crippen LogP contribution in [0, 0.1) is 17.4 Å². The Morgan fingerprint density at radius 1 is 1.41 bits per heavy atom. The van der Waals surface area contributed by atoms with E-state index < -0.39 is 5.97 Å². The number of aryl methyl sites for hydroxylation is 2. The zero-order valence-electron chi connectivity index (χ0n) is 12.9. The molecule has 0 spiro atoms. The van der Waals surface area contributed by atoms with E-state index in [0.29, 0.717) is 12.4 Å². The van der Waals surface area contributed by atoms with Crippen LogP contribution in [-0.4, -0.2) is 27.5 Å². The van der Waals surface area contributed by atoms with Gasteiger partial charge >= 0.3 is 5.97 Å². The summed E-state index contributed by atoms with van der Waals surface area (Å²) in [6, 6.07) is 4.92. The van der Waals surface area contributed by atoms with Gasteiger partial charge in [0.05, 0.1) is 21.4 Å². The molecule has 0 saturated heterocycles. The number of benzene rings is 1. The van der Waals surface area contributed by atoms with Crippen LogP contribution in [0.5, 0.6) is 5.75 Å². The number of aromatic nitrogens is 2. The molecular formula is C16H19IN2O3. The number of carbonyl (C=O) groups is 1. The van der Waals surface area contributed by atoms with Gasteiger partial charge in [-0.1, -0.05) is 0 Å². The Morgan fingerprint density at radius 3 is 2.73 bits per heavy atom. The van der Waals surface area contributed by atoms with Crippen molar-refractivity contribution in [3.05, 3.63) is 44.3 Å². The number of ether oxygens (including phenoxy) is 1. The lowest BCUT2D eigenvalue weighted by molar-refractivity contribution is 0.0696. The molecular weight excluding hydrogens is 395 g/mol. The highest BCUT2D eigenvalue weighted by atomic mass is 127. The van der Waals surface area contributed by atoms with E-state index in [-0.39, 0.29) is 5.56 Å². The van der Waals surface area contributed by atoms with Gasteiger partial charge in [-0.15, -0.1) is 0 Å². The van der Waals surface area contributed by atoms with Crippen molar-refractivity contribution < 1.29 is 14.6 Å². The highest BCUT2D eigenvalue weighted by Crippen LogP contribution is 2.23. The molecule has 1 N–H and O–H groups in total. The van der Waals surface area contributed by atoms with E-state index in [1.165, 1.54) is 11.3 Å². The number of rotatable bonds is 6. The van der Waals surface area contributed by atoms with E-state index in [9.17, 15) is 4.79 Å². The third-order valence-corrected chi connectivity index (χ3v) is 4.56. The molecule has 0 radical (unpaired) electrons. The predicted molar refractivity (Wildman–Crippen MR) is 92.6 cm³/mol. The molecule has 0 fully saturated rings. The summed E-state index contributed by atoms with van der Waals surface area (Å²) >= 11 is 2.15. The van der Waals surface area contributed by atoms with Crippen LogP contribution >= 0.6 is 22.6 Å². The maximum Gasteiger partial charge on any atom is 0.335 e. The van der Waals surface area contributed by atoms with Gasteiger partial charge in [-0.2, -0.15) is 5.10 Å². The average molecular weight is 414 g/mol. The first-order valence-corrected chi connectivity index (χ1v) is 8.12. The standard InChI is InChI=1S/C16H19IN2O3/c1-10-13(11(2)19(3)18-10)5-4-8-22-15-9-12(16(20)21)6-7-14(15)17/h6-7,9H,4-5,8H2,1-3H3,(H,20,21). The van der Waals surface area contributed by atoms with Gasteiger partial charge < -0.3 is 9.84 Å². The number of nitrogens with zero attached hydrogens (tertiary/aromatic N) is 2. The van der Waals surface area contributed by atoms with Crippen molar-refractivity contribution >= 4 is 28.6 Å². The molecule has 0 unspecified atom stereocenters. The van der Waals surface area contributed by atoms with Crippen molar-refractivity contribution in [3.63, 3.8) is 0 Å². The maximum atomic E-state index is 11.0. The molecule has 2 rings (SSSR count). The van der Waals surface area contributed by atoms with Crippen molar-refractivity contribution in [2.75, 3.05) is 6.61 Å². The predicted octanol–water partition coefficient (Wildman–Crippen LogP) is 3.35. The molecule has 1 heterocycles. The normalized spacial score (nSPS) is 10.7. The quantitative estimate of drug-likeness (QED) is 0.582. The van der Waals surface area contributed by atoms with Gasteiger partial charge in [0, 0.05) is 12.7 Å². The van der Waals surface area contributed by atoms with Crippen molar-refractivity contribution in [1.29, 1.82) is 0 Å². The van der Waals surface area contributed by atoms with E-state index in [1.54, 1.807) is 18.2 Å². The molecule has 22 heavy (non-hydrogen) atoms. The van der Waals surface area contributed by atoms with Crippen LogP contribution in [0.3, 0.4) is 0 Å². The molecule has 1 aromatic heterocycles. The highest BCUT2D eigenvalue weighted by molar-refractivity contribution is 14.1. The lowest BCUT2D eigenvalue weighted by Crippen LogP contribution is -2.04. The Kier molecular flexibility index (Phi) is 5.44. The Hall–Kier alpha value is -1.57. The van der Waals surface area contributed by atoms with Gasteiger partial charge in [0.1, 0.15) is 5.75 Å². The fourth-order valence-corrected chi connectivity index (χ4v) is 2.85. The number of hydrogen-bond acceptors (Lipinski definition) is 3. The Balaban J connectivity index is 1.94. The van der Waals surface area contributed by atoms with E-state index >= 15 is 0 Å². The van der Waals surface area contributed by atoms with Gasteiger partial charge in [-0.25, -0.2) is 4.79 Å². The first-order chi connectivity index (χ1) is 10.4. The molecule has 5 nitrogen and oxygen atoms in total. The maximum absolute atomic E-state index is 11.0. The van der Waals surface area contributed by atoms with Gasteiger partial charge in [-0.3, -0.25) is 4.68 Å². The second-order valence-electron chi connectivity index (χ2n) is 5.18. The summed E-state index contributed by atoms with van der Waals surface area (Å²) < 4.78 is 8.54. The van der Waals surface area contributed by atoms with Crippen molar-refractivity contribution in [2.24, 2.45) is 7.05 Å². The topological polar surface area (TPSA) is 64.4 Å². The van der Waals surface area contributed by atoms with Crippen molar-refractivity contribution in [2.45, 2.75) is 26.7 Å². The summed E-state index contributed by atoms with van der Waals surface area (Å²) in [5.41, 5.74) is 3.75. The first kappa shape index (κ1) is 16.8. The minimum atomic E-state index is -0.942. The molecule has 6 heteroatoms. The van der Waals surface area contributed by atoms with Crippen LogP contribution < -0.4 is 4.74 Å². The van der Waals surface area contributed by atoms with Crippen molar-refractivity contribution in [1.82, 2.24) is 9.78 Å². The second kappa shape index (κ2) is 7.13. The third-order valence-electron chi connectivity index (χ3n) is 3.67. The van der Waals surface area contributed by atoms with Crippen LogP contribution in [0.2, 0.25) is 0 Å². The van der Waals surface area contributed by atoms with Crippen LogP contribution in [0.15, 0.2) is 18.2 Å². The van der Waals surface area contributed by atoms with E-state index in [0.717, 1.165) is 22.1 Å². The highest BCUT2D eigenvalue weighted by Gasteiger charge is 2.10. The van der Waals surface area contributed by atoms with Gasteiger partial charge in [0.15, 0.2) is 0 Å². The molecule has 0 aliphatic carbocycles. The number of carboxylic acids is 1. The summed E-state index contributed by atoms with van der Waals surface area (Å²) in [6.07, 6.45) is 1.77. The number of hydrogen-bond donors (Lipinski definition) is 1. The van der Waals surface area contributed by atoms with E-state index in [4.69, 9.17) is 9.84 Å². The van der Waals surface area contributed by atoms with Crippen LogP contribution in [0.1, 0.15) is 33.7 Å². The number of halogens is 1. The zero-order chi connectivity index (χ0) is 16.3. The summed E-state index contributed by atoms with van der Waals surface area (Å²) in [7, 11) is 1.95. The third kappa shape index (κ3) is 3.79. The number of aromatic carboxylic acids is 1. The van der Waals surface area contributed by atoms with Crippen LogP contribution in [-0.2, 0) is 13.5 Å². The molecule has 1 aromatic carbocycles. The van der Waals surface area contributed by atoms with Gasteiger partial charge in [0.25, 0.3) is 0 Å². The SMILES string of the molecule is Cc1nn(C)c(C)c1CCCOc1cc(C(=O)O)ccc1I. The summed E-state index contributed by atoms with van der Waals surface area (Å²) in [5, 5.41) is 13.4. The van der Waals surface area contributed by atoms with Gasteiger partial charge in [-0.05, 0) is 73.0 Å². The lowest BCUT2D eigenvalue weighted by Gasteiger charge is -2.09. The van der Waals surface area contributed by atoms with E-state index in [2.05, 4.69) is 34.6 Å². The zero-order valence-corrected chi connectivity index (χ0v) is 15.0. The molecule has 0 amide bonds. The molecule has 0 atom stereocenters. The molecule has 2 aromatic rings. The van der Waals surface area contributed by atoms with Crippen LogP contribution in [0.25, 0.3) is 0 Å². The minimum Gasteiger partial charge on any atom is -0.492 e. The van der Waals surface area contributed by atoms with Crippen LogP contribution in [0.4, 0.5) is 0 Å². The molecule has 118 valence electrons. The molecule has 0 aliphatic heterocycles. The summed E-state index contributed by atoms with van der Waals surface area (Å²) in [5.74, 6) is -0.317. The Morgan fingerprint density at radius 2 is 2.14 bits per heavy atom. The van der Waals surface area contributed by atoms with E-state index in [1.807, 2.05) is 18.7 Å². The number of carboxylic acid groups (broad SMARTS) is 1. The average Bonchev–Trinajstić information content (AvgIpc) is 2.70. The lowest BCUT2D eigenvalue weighted by atomic mass is 10.1. The Bertz CT molecular complexity index is 695. The largest absolute Gasteiger partial charge is 0.492 e. The first-order valence-electron chi connectivity index (χ1n) is 7.05. The van der Waals surface area contributed by atoms with Crippen molar-refractivity contribution in [3.8, 4) is 5.75 Å². The monoisotopic (exact) mass is 414 g/mol. The smallest absolute Gasteiger partial charge is 0.335 e. The minimum absolute atomic E-state index is 0.245. The summed E-state index contributed by atoms with van der Waals surface area (Å²) in [4.78, 5) is 11.0. The summed E-state index contributed by atoms with van der Waals surface area (Å²) in [6.45, 7) is 4.63.